The van der Waals surface area contributed by atoms with Crippen LogP contribution in [0.4, 0.5) is 18.9 Å². The Hall–Kier alpha value is -2.05. The monoisotopic (exact) mass is 344 g/mol. The summed E-state index contributed by atoms with van der Waals surface area (Å²) in [5.74, 6) is -0.384. The molecule has 1 unspecified atom stereocenters. The van der Waals surface area contributed by atoms with Crippen molar-refractivity contribution in [3.8, 4) is 0 Å². The number of halogens is 3. The van der Waals surface area contributed by atoms with Gasteiger partial charge in [-0.05, 0) is 29.5 Å². The molecule has 1 aromatic carbocycles. The lowest BCUT2D eigenvalue weighted by atomic mass is 9.83. The van der Waals surface area contributed by atoms with Gasteiger partial charge in [0.15, 0.2) is 0 Å². The zero-order chi connectivity index (χ0) is 18.5. The summed E-state index contributed by atoms with van der Waals surface area (Å²) in [4.78, 5) is 22.3. The Kier molecular flexibility index (Phi) is 6.40. The highest BCUT2D eigenvalue weighted by Crippen LogP contribution is 2.39. The molecule has 0 saturated carbocycles. The molecule has 0 saturated heterocycles. The molecule has 1 atom stereocenters. The van der Waals surface area contributed by atoms with Gasteiger partial charge in [0.25, 0.3) is 0 Å². The summed E-state index contributed by atoms with van der Waals surface area (Å²) in [5.41, 5.74) is -1.02. The van der Waals surface area contributed by atoms with E-state index in [0.29, 0.717) is 6.29 Å². The van der Waals surface area contributed by atoms with Gasteiger partial charge in [0.2, 0.25) is 5.91 Å². The third-order valence-electron chi connectivity index (χ3n) is 3.61. The first-order valence-corrected chi connectivity index (χ1v) is 7.64. The van der Waals surface area contributed by atoms with E-state index in [9.17, 15) is 22.8 Å². The van der Waals surface area contributed by atoms with Crippen molar-refractivity contribution in [2.24, 2.45) is 0 Å². The molecular weight excluding hydrogens is 321 g/mol. The molecule has 134 valence electrons. The first-order chi connectivity index (χ1) is 11.0. The van der Waals surface area contributed by atoms with Crippen LogP contribution in [-0.4, -0.2) is 25.3 Å². The van der Waals surface area contributed by atoms with Gasteiger partial charge in [-0.15, -0.1) is 0 Å². The van der Waals surface area contributed by atoms with Crippen LogP contribution < -0.4 is 10.6 Å². The average Bonchev–Trinajstić information content (AvgIpc) is 2.48. The molecule has 0 heterocycles. The SMILES string of the molecule is CNC(=O)C(CCC=O)Nc1ccc(C(C)(C)C)c(C(F)(F)F)c1. The number of likely N-dealkylation sites (N-methyl/N-ethyl adjacent to an activating group) is 1. The van der Waals surface area contributed by atoms with Gasteiger partial charge in [-0.25, -0.2) is 0 Å². The molecule has 0 radical (unpaired) electrons. The minimum Gasteiger partial charge on any atom is -0.374 e. The molecule has 2 N–H and O–H groups in total. The van der Waals surface area contributed by atoms with E-state index in [1.165, 1.54) is 19.2 Å². The van der Waals surface area contributed by atoms with Gasteiger partial charge in [0.1, 0.15) is 12.3 Å². The number of nitrogens with one attached hydrogen (secondary N) is 2. The maximum Gasteiger partial charge on any atom is 0.416 e. The normalized spacial score (nSPS) is 13.3. The molecule has 1 aromatic rings. The van der Waals surface area contributed by atoms with Crippen LogP contribution in [0, 0.1) is 0 Å². The molecule has 24 heavy (non-hydrogen) atoms. The van der Waals surface area contributed by atoms with E-state index >= 15 is 0 Å². The van der Waals surface area contributed by atoms with Crippen LogP contribution in [0.15, 0.2) is 18.2 Å². The lowest BCUT2D eigenvalue weighted by Gasteiger charge is -2.26. The van der Waals surface area contributed by atoms with Crippen molar-refractivity contribution in [1.29, 1.82) is 0 Å². The first kappa shape index (κ1) is 20.0. The highest BCUT2D eigenvalue weighted by Gasteiger charge is 2.36. The lowest BCUT2D eigenvalue weighted by Crippen LogP contribution is -2.37. The zero-order valence-corrected chi connectivity index (χ0v) is 14.3. The topological polar surface area (TPSA) is 58.2 Å². The number of anilines is 1. The first-order valence-electron chi connectivity index (χ1n) is 7.64. The van der Waals surface area contributed by atoms with Crippen LogP contribution >= 0.6 is 0 Å². The van der Waals surface area contributed by atoms with Crippen molar-refractivity contribution in [3.05, 3.63) is 29.3 Å². The van der Waals surface area contributed by atoms with Gasteiger partial charge in [-0.2, -0.15) is 13.2 Å². The Morgan fingerprint density at radius 2 is 1.83 bits per heavy atom. The van der Waals surface area contributed by atoms with E-state index in [1.807, 2.05) is 0 Å². The van der Waals surface area contributed by atoms with E-state index in [1.54, 1.807) is 20.8 Å². The second-order valence-electron chi connectivity index (χ2n) is 6.56. The second-order valence-corrected chi connectivity index (χ2v) is 6.56. The van der Waals surface area contributed by atoms with Crippen LogP contribution in [-0.2, 0) is 21.2 Å². The highest BCUT2D eigenvalue weighted by atomic mass is 19.4. The molecule has 0 aliphatic rings. The van der Waals surface area contributed by atoms with Crippen molar-refractivity contribution in [3.63, 3.8) is 0 Å². The number of hydrogen-bond donors (Lipinski definition) is 2. The van der Waals surface area contributed by atoms with E-state index in [0.717, 1.165) is 6.07 Å². The fourth-order valence-electron chi connectivity index (χ4n) is 2.40. The zero-order valence-electron chi connectivity index (χ0n) is 14.3. The molecule has 7 heteroatoms. The molecule has 0 aromatic heterocycles. The van der Waals surface area contributed by atoms with E-state index < -0.39 is 23.2 Å². The van der Waals surface area contributed by atoms with Crippen LogP contribution in [0.5, 0.6) is 0 Å². The minimum atomic E-state index is -4.49. The minimum absolute atomic E-state index is 0.136. The van der Waals surface area contributed by atoms with Gasteiger partial charge in [-0.3, -0.25) is 4.79 Å². The Morgan fingerprint density at radius 3 is 2.29 bits per heavy atom. The Bertz CT molecular complexity index is 592. The average molecular weight is 344 g/mol. The number of hydrogen-bond acceptors (Lipinski definition) is 3. The smallest absolute Gasteiger partial charge is 0.374 e. The number of amides is 1. The fraction of sp³-hybridized carbons (Fsp3) is 0.529. The summed E-state index contributed by atoms with van der Waals surface area (Å²) < 4.78 is 40.1. The predicted octanol–water partition coefficient (Wildman–Crippen LogP) is 3.51. The predicted molar refractivity (Wildman–Crippen MR) is 86.9 cm³/mol. The summed E-state index contributed by atoms with van der Waals surface area (Å²) in [7, 11) is 1.43. The standard InChI is InChI=1S/C17H23F3N2O2/c1-16(2,3)12-8-7-11(10-13(12)17(18,19)20)22-14(6-5-9-23)15(24)21-4/h7-10,14,22H,5-6H2,1-4H3,(H,21,24). The van der Waals surface area contributed by atoms with Crippen molar-refractivity contribution >= 4 is 17.9 Å². The summed E-state index contributed by atoms with van der Waals surface area (Å²) in [5, 5.41) is 5.22. The van der Waals surface area contributed by atoms with E-state index in [4.69, 9.17) is 0 Å². The van der Waals surface area contributed by atoms with Crippen LogP contribution in [0.3, 0.4) is 0 Å². The number of carbonyl (C=O) groups is 2. The van der Waals surface area contributed by atoms with Crippen molar-refractivity contribution in [2.75, 3.05) is 12.4 Å². The molecule has 0 spiro atoms. The molecule has 0 fully saturated rings. The maximum absolute atomic E-state index is 13.4. The summed E-state index contributed by atoms with van der Waals surface area (Å²) in [6, 6.07) is 3.18. The largest absolute Gasteiger partial charge is 0.416 e. The lowest BCUT2D eigenvalue weighted by molar-refractivity contribution is -0.138. The van der Waals surface area contributed by atoms with Gasteiger partial charge in [-0.1, -0.05) is 26.8 Å². The van der Waals surface area contributed by atoms with Crippen LogP contribution in [0.25, 0.3) is 0 Å². The number of aldehydes is 1. The van der Waals surface area contributed by atoms with Gasteiger partial charge in [0.05, 0.1) is 5.56 Å². The molecule has 1 amide bonds. The number of alkyl halides is 3. The summed E-state index contributed by atoms with van der Waals surface area (Å²) >= 11 is 0. The highest BCUT2D eigenvalue weighted by molar-refractivity contribution is 5.84. The Balaban J connectivity index is 3.20. The number of carbonyl (C=O) groups excluding carboxylic acids is 2. The van der Waals surface area contributed by atoms with Gasteiger partial charge >= 0.3 is 6.18 Å². The Morgan fingerprint density at radius 1 is 1.21 bits per heavy atom. The second kappa shape index (κ2) is 7.68. The Labute approximate surface area is 139 Å². The van der Waals surface area contributed by atoms with Gasteiger partial charge in [0, 0.05) is 19.2 Å². The van der Waals surface area contributed by atoms with Crippen molar-refractivity contribution < 1.29 is 22.8 Å². The molecule has 1 rings (SSSR count). The van der Waals surface area contributed by atoms with E-state index in [2.05, 4.69) is 10.6 Å². The van der Waals surface area contributed by atoms with Gasteiger partial charge < -0.3 is 15.4 Å². The molecule has 4 nitrogen and oxygen atoms in total. The summed E-state index contributed by atoms with van der Waals surface area (Å²) in [6.07, 6.45) is -3.49. The molecule has 0 aliphatic heterocycles. The third kappa shape index (κ3) is 5.25. The molecule has 0 bridgehead atoms. The van der Waals surface area contributed by atoms with Crippen LogP contribution in [0.1, 0.15) is 44.7 Å². The third-order valence-corrected chi connectivity index (χ3v) is 3.61. The van der Waals surface area contributed by atoms with Crippen LogP contribution in [0.2, 0.25) is 0 Å². The number of benzene rings is 1. The fourth-order valence-corrected chi connectivity index (χ4v) is 2.40. The molecular formula is C17H23F3N2O2. The maximum atomic E-state index is 13.4. The molecule has 0 aliphatic carbocycles. The van der Waals surface area contributed by atoms with E-state index in [-0.39, 0.29) is 30.0 Å². The van der Waals surface area contributed by atoms with Crippen molar-refractivity contribution in [1.82, 2.24) is 5.32 Å². The number of rotatable bonds is 6. The van der Waals surface area contributed by atoms with Crippen molar-refractivity contribution in [2.45, 2.75) is 51.2 Å². The quantitative estimate of drug-likeness (QED) is 0.777. The summed E-state index contributed by atoms with van der Waals surface area (Å²) in [6.45, 7) is 5.13.